The first kappa shape index (κ1) is 23.8. The number of hydrogen-bond donors (Lipinski definition) is 2. The smallest absolute Gasteiger partial charge is 0.0819 e. The minimum absolute atomic E-state index is 0.325. The molecule has 32 heavy (non-hydrogen) atoms. The third-order valence-corrected chi connectivity index (χ3v) is 7.22. The number of rotatable bonds is 9. The van der Waals surface area contributed by atoms with Crippen molar-refractivity contribution in [2.75, 3.05) is 11.9 Å². The quantitative estimate of drug-likeness (QED) is 0.331. The Hall–Kier alpha value is -1.35. The van der Waals surface area contributed by atoms with Gasteiger partial charge in [-0.05, 0) is 26.3 Å². The van der Waals surface area contributed by atoms with Crippen molar-refractivity contribution in [2.24, 2.45) is 0 Å². The second-order valence-electron chi connectivity index (χ2n) is 8.92. The number of anilines is 2. The summed E-state index contributed by atoms with van der Waals surface area (Å²) in [6.07, 6.45) is 12.2. The Balaban J connectivity index is 1.50. The van der Waals surface area contributed by atoms with E-state index in [0.29, 0.717) is 18.0 Å². The molecule has 0 aliphatic carbocycles. The van der Waals surface area contributed by atoms with Gasteiger partial charge in [-0.25, -0.2) is 9.97 Å². The molecule has 7 heteroatoms. The third-order valence-electron chi connectivity index (χ3n) is 6.10. The summed E-state index contributed by atoms with van der Waals surface area (Å²) in [5.41, 5.74) is 6.93. The molecule has 0 fully saturated rings. The van der Waals surface area contributed by atoms with E-state index in [2.05, 4.69) is 59.0 Å². The number of benzene rings is 1. The monoisotopic (exact) mass is 557 g/mol. The largest absolute Gasteiger partial charge is 0.270 e. The van der Waals surface area contributed by atoms with Gasteiger partial charge < -0.3 is 0 Å². The van der Waals surface area contributed by atoms with Crippen LogP contribution in [0.4, 0.5) is 11.6 Å². The van der Waals surface area contributed by atoms with Crippen molar-refractivity contribution in [3.8, 4) is 11.3 Å². The molecule has 167 valence electrons. The summed E-state index contributed by atoms with van der Waals surface area (Å²) in [5.74, 6) is 0.622. The van der Waals surface area contributed by atoms with E-state index >= 15 is 0 Å². The van der Waals surface area contributed by atoms with Crippen LogP contribution in [0.3, 0.4) is 0 Å². The van der Waals surface area contributed by atoms with Crippen molar-refractivity contribution in [1.82, 2.24) is 25.1 Å². The molecule has 0 amide bonds. The molecule has 0 bridgehead atoms. The summed E-state index contributed by atoms with van der Waals surface area (Å²) >= 11 is 1.33. The van der Waals surface area contributed by atoms with Crippen LogP contribution in [0.15, 0.2) is 36.8 Å². The maximum absolute atomic E-state index is 4.81. The minimum atomic E-state index is 0.325. The van der Waals surface area contributed by atoms with E-state index in [4.69, 9.17) is 4.98 Å². The zero-order valence-corrected chi connectivity index (χ0v) is 22.5. The first-order valence-corrected chi connectivity index (χ1v) is 13.9. The van der Waals surface area contributed by atoms with Gasteiger partial charge in [0.2, 0.25) is 0 Å². The van der Waals surface area contributed by atoms with Gasteiger partial charge in [0.15, 0.2) is 0 Å². The van der Waals surface area contributed by atoms with Gasteiger partial charge >= 0.3 is 138 Å². The molecular weight excluding hydrogens is 524 g/mol. The summed E-state index contributed by atoms with van der Waals surface area (Å²) in [6.45, 7) is 7.34. The molecule has 6 nitrogen and oxygen atoms in total. The summed E-state index contributed by atoms with van der Waals surface area (Å²) in [6, 6.07) is 7.53. The number of hydrogen-bond acceptors (Lipinski definition) is 5. The van der Waals surface area contributed by atoms with Gasteiger partial charge in [0.05, 0.1) is 11.9 Å². The number of nitrogens with zero attached hydrogens (tertiary/aromatic N) is 4. The van der Waals surface area contributed by atoms with E-state index in [-0.39, 0.29) is 0 Å². The van der Waals surface area contributed by atoms with Gasteiger partial charge in [-0.15, -0.1) is 0 Å². The fraction of sp³-hybridized carbons (Fsp3) is 0.480. The van der Waals surface area contributed by atoms with Crippen LogP contribution < -0.4 is 10.6 Å². The van der Waals surface area contributed by atoms with Gasteiger partial charge in [0, 0.05) is 24.0 Å². The van der Waals surface area contributed by atoms with Crippen LogP contribution >= 0.6 is 0 Å². The standard InChI is InChI=1S/C25H33N6.Ce/c1-5-6-7-8-23-22-10-9-21(13-19(22)11-12-26-23)29-25-27-14-18(4)24(30-25)20-15-28-31(16-20)17(2)3;/h9-10,13-17,23,26H,1,5-8,11-12H2,2-4H3,(H,27,29,30);. The zero-order chi connectivity index (χ0) is 22.5. The normalized spacial score (nSPS) is 15.7. The van der Waals surface area contributed by atoms with E-state index in [9.17, 15) is 0 Å². The van der Waals surface area contributed by atoms with Crippen LogP contribution in [0.5, 0.6) is 0 Å². The summed E-state index contributed by atoms with van der Waals surface area (Å²) in [7, 11) is 0. The number of aromatic nitrogens is 4. The first-order chi connectivity index (χ1) is 15.5. The molecule has 1 atom stereocenters. The molecule has 0 saturated carbocycles. The van der Waals surface area contributed by atoms with Crippen LogP contribution in [0.2, 0.25) is 1.94 Å². The van der Waals surface area contributed by atoms with Crippen LogP contribution in [0, 0.1) is 46.6 Å². The Labute approximate surface area is 218 Å². The molecule has 1 aliphatic heterocycles. The Bertz CT molecular complexity index is 1040. The van der Waals surface area contributed by atoms with Crippen molar-refractivity contribution in [1.29, 1.82) is 0 Å². The fourth-order valence-electron chi connectivity index (χ4n) is 4.31. The third kappa shape index (κ3) is 5.76. The maximum Gasteiger partial charge on any atom is 0.0819 e. The van der Waals surface area contributed by atoms with Crippen molar-refractivity contribution >= 4 is 11.6 Å². The van der Waals surface area contributed by atoms with E-state index in [0.717, 1.165) is 35.5 Å². The Morgan fingerprint density at radius 1 is 1.22 bits per heavy atom. The molecule has 0 radical (unpaired) electrons. The van der Waals surface area contributed by atoms with Crippen LogP contribution in [0.25, 0.3) is 11.3 Å². The van der Waals surface area contributed by atoms with Crippen LogP contribution in [-0.4, -0.2) is 26.3 Å². The molecule has 1 aliphatic rings. The maximum atomic E-state index is 4.81. The van der Waals surface area contributed by atoms with E-state index < -0.39 is 0 Å². The number of aryl methyl sites for hydroxylation is 1. The topological polar surface area (TPSA) is 67.7 Å². The van der Waals surface area contributed by atoms with Gasteiger partial charge in [-0.1, -0.05) is 0 Å². The van der Waals surface area contributed by atoms with E-state index in [1.165, 1.54) is 78.4 Å². The second-order valence-corrected chi connectivity index (χ2v) is 10.5. The van der Waals surface area contributed by atoms with Crippen LogP contribution in [-0.2, 0) is 6.42 Å². The number of unbranched alkanes of at least 4 members (excludes halogenated alkanes) is 2. The average Bonchev–Trinajstić information content (AvgIpc) is 3.28. The van der Waals surface area contributed by atoms with Crippen molar-refractivity contribution in [2.45, 2.75) is 66.9 Å². The van der Waals surface area contributed by atoms with E-state index in [1.54, 1.807) is 0 Å². The first-order valence-electron chi connectivity index (χ1n) is 11.7. The molecule has 4 rings (SSSR count). The van der Waals surface area contributed by atoms with Crippen molar-refractivity contribution in [3.63, 3.8) is 0 Å². The number of fused-ring (bicyclic) bond motifs is 1. The Morgan fingerprint density at radius 3 is 2.88 bits per heavy atom. The summed E-state index contributed by atoms with van der Waals surface area (Å²) < 4.78 is 3.38. The average molecular weight is 558 g/mol. The molecule has 2 aromatic heterocycles. The molecule has 0 spiro atoms. The van der Waals surface area contributed by atoms with Gasteiger partial charge in [-0.3, -0.25) is 4.68 Å². The van der Waals surface area contributed by atoms with Gasteiger partial charge in [-0.2, -0.15) is 5.10 Å². The van der Waals surface area contributed by atoms with Crippen LogP contribution in [0.1, 0.15) is 68.3 Å². The molecule has 1 aromatic carbocycles. The Kier molecular flexibility index (Phi) is 8.31. The Morgan fingerprint density at radius 2 is 2.09 bits per heavy atom. The predicted octanol–water partition coefficient (Wildman–Crippen LogP) is 5.69. The summed E-state index contributed by atoms with van der Waals surface area (Å²) in [5, 5.41) is 11.6. The molecular formula is C25H33CeN6. The van der Waals surface area contributed by atoms with E-state index in [1.807, 2.05) is 24.0 Å². The minimum Gasteiger partial charge on any atom is -0.270 e. The zero-order valence-electron chi connectivity index (χ0n) is 19.4. The van der Waals surface area contributed by atoms with Gasteiger partial charge in [0.25, 0.3) is 0 Å². The SMILES string of the molecule is Cc1cnc(Nc2ccc3c(c2)CCNC3CCCC[CH2][Ce])nc1-c1cnn(C(C)C)c1. The van der Waals surface area contributed by atoms with Gasteiger partial charge in [0.1, 0.15) is 0 Å². The molecule has 2 N–H and O–H groups in total. The summed E-state index contributed by atoms with van der Waals surface area (Å²) in [4.78, 5) is 9.34. The molecule has 1 unspecified atom stereocenters. The molecule has 3 aromatic rings. The van der Waals surface area contributed by atoms with Crippen molar-refractivity contribution in [3.05, 3.63) is 53.5 Å². The van der Waals surface area contributed by atoms with Crippen molar-refractivity contribution < 1.29 is 39.6 Å². The number of nitrogens with one attached hydrogen (secondary N) is 2. The second kappa shape index (κ2) is 11.2. The molecule has 0 saturated heterocycles. The fourth-order valence-corrected chi connectivity index (χ4v) is 5.09. The predicted molar refractivity (Wildman–Crippen MR) is 126 cm³/mol. The molecule has 3 heterocycles.